The first-order chi connectivity index (χ1) is 16.8. The van der Waals surface area contributed by atoms with Gasteiger partial charge in [0.2, 0.25) is 0 Å². The SMILES string of the molecule is CCCCC/C=C/CCCCC[N+](Cc1ccccc1)(Cc1ccccc1)Cc1ccccc1. The average molecular weight is 455 g/mol. The topological polar surface area (TPSA) is 0 Å². The molecule has 0 spiro atoms. The lowest BCUT2D eigenvalue weighted by molar-refractivity contribution is -0.966. The summed E-state index contributed by atoms with van der Waals surface area (Å²) in [6.07, 6.45) is 15.2. The first kappa shape index (κ1) is 26.0. The minimum Gasteiger partial charge on any atom is -0.312 e. The lowest BCUT2D eigenvalue weighted by atomic mass is 10.0. The number of benzene rings is 3. The number of allylic oxidation sites excluding steroid dienone is 2. The standard InChI is InChI=1S/C33H44N/c1-2-3-4-5-6-7-8-9-10-20-27-34(28-31-21-14-11-15-22-31,29-32-23-16-12-17-24-32)30-33-25-18-13-19-26-33/h6-7,11-19,21-26H,2-5,8-10,20,27-30H2,1H3/q+1/b7-6+. The lowest BCUT2D eigenvalue weighted by Crippen LogP contribution is -2.46. The second-order valence-corrected chi connectivity index (χ2v) is 9.81. The quantitative estimate of drug-likeness (QED) is 0.115. The van der Waals surface area contributed by atoms with Crippen LogP contribution in [-0.4, -0.2) is 11.0 Å². The molecule has 0 N–H and O–H groups in total. The first-order valence-corrected chi connectivity index (χ1v) is 13.4. The zero-order chi connectivity index (χ0) is 23.7. The van der Waals surface area contributed by atoms with E-state index in [0.29, 0.717) is 0 Å². The molecule has 34 heavy (non-hydrogen) atoms. The summed E-state index contributed by atoms with van der Waals surface area (Å²) in [7, 11) is 0. The monoisotopic (exact) mass is 454 g/mol. The summed E-state index contributed by atoms with van der Waals surface area (Å²) in [6, 6.07) is 33.3. The summed E-state index contributed by atoms with van der Waals surface area (Å²) in [5.41, 5.74) is 4.30. The van der Waals surface area contributed by atoms with E-state index in [-0.39, 0.29) is 0 Å². The molecule has 3 aromatic rings. The van der Waals surface area contributed by atoms with Crippen LogP contribution in [0.4, 0.5) is 0 Å². The summed E-state index contributed by atoms with van der Waals surface area (Å²) >= 11 is 0. The van der Waals surface area contributed by atoms with Crippen molar-refractivity contribution in [1.29, 1.82) is 0 Å². The Hall–Kier alpha value is -2.64. The van der Waals surface area contributed by atoms with Crippen molar-refractivity contribution in [3.63, 3.8) is 0 Å². The molecule has 0 aliphatic carbocycles. The normalized spacial score (nSPS) is 11.8. The Kier molecular flexibility index (Phi) is 11.7. The molecule has 0 unspecified atom stereocenters. The molecule has 1 heteroatoms. The molecule has 0 radical (unpaired) electrons. The molecule has 0 heterocycles. The van der Waals surface area contributed by atoms with E-state index in [9.17, 15) is 0 Å². The molecule has 0 saturated heterocycles. The van der Waals surface area contributed by atoms with E-state index in [4.69, 9.17) is 0 Å². The fourth-order valence-electron chi connectivity index (χ4n) is 4.95. The van der Waals surface area contributed by atoms with Gasteiger partial charge in [-0.1, -0.05) is 123 Å². The number of quaternary nitrogens is 1. The smallest absolute Gasteiger partial charge is 0.105 e. The van der Waals surface area contributed by atoms with Gasteiger partial charge in [-0.25, -0.2) is 0 Å². The maximum atomic E-state index is 2.41. The largest absolute Gasteiger partial charge is 0.312 e. The van der Waals surface area contributed by atoms with Crippen LogP contribution in [0.3, 0.4) is 0 Å². The minimum atomic E-state index is 1.07. The Morgan fingerprint density at radius 2 is 0.912 bits per heavy atom. The molecule has 0 saturated carbocycles. The number of nitrogens with zero attached hydrogens (tertiary/aromatic N) is 1. The molecule has 0 aliphatic heterocycles. The van der Waals surface area contributed by atoms with Gasteiger partial charge in [0.25, 0.3) is 0 Å². The number of rotatable bonds is 16. The molecule has 0 atom stereocenters. The van der Waals surface area contributed by atoms with Gasteiger partial charge in [-0.05, 0) is 38.5 Å². The van der Waals surface area contributed by atoms with E-state index in [1.54, 1.807) is 0 Å². The molecule has 0 amide bonds. The second-order valence-electron chi connectivity index (χ2n) is 9.81. The maximum absolute atomic E-state index is 2.41. The van der Waals surface area contributed by atoms with Crippen LogP contribution in [-0.2, 0) is 19.6 Å². The predicted octanol–water partition coefficient (Wildman–Crippen LogP) is 9.10. The molecular formula is C33H44N+. The Labute approximate surface area is 208 Å². The van der Waals surface area contributed by atoms with Gasteiger partial charge >= 0.3 is 0 Å². The van der Waals surface area contributed by atoms with Crippen LogP contribution >= 0.6 is 0 Å². The molecule has 0 aromatic heterocycles. The highest BCUT2D eigenvalue weighted by atomic mass is 15.3. The summed E-state index contributed by atoms with van der Waals surface area (Å²) < 4.78 is 1.07. The van der Waals surface area contributed by atoms with E-state index < -0.39 is 0 Å². The van der Waals surface area contributed by atoms with Crippen LogP contribution in [0.1, 0.15) is 75.0 Å². The summed E-state index contributed by atoms with van der Waals surface area (Å²) in [6.45, 7) is 6.69. The van der Waals surface area contributed by atoms with Crippen LogP contribution in [0.2, 0.25) is 0 Å². The van der Waals surface area contributed by atoms with Gasteiger partial charge in [0.05, 0.1) is 6.54 Å². The van der Waals surface area contributed by atoms with Crippen molar-refractivity contribution in [3.05, 3.63) is 120 Å². The highest BCUT2D eigenvalue weighted by Crippen LogP contribution is 2.25. The van der Waals surface area contributed by atoms with E-state index in [2.05, 4.69) is 110 Å². The van der Waals surface area contributed by atoms with E-state index in [1.165, 1.54) is 74.6 Å². The molecule has 0 bridgehead atoms. The van der Waals surface area contributed by atoms with E-state index in [0.717, 1.165) is 24.1 Å². The number of unbranched alkanes of at least 4 members (excludes halogenated alkanes) is 6. The Morgan fingerprint density at radius 3 is 1.32 bits per heavy atom. The molecule has 180 valence electrons. The van der Waals surface area contributed by atoms with Gasteiger partial charge in [-0.15, -0.1) is 0 Å². The fraction of sp³-hybridized carbons (Fsp3) is 0.394. The Morgan fingerprint density at radius 1 is 0.500 bits per heavy atom. The molecule has 3 rings (SSSR count). The third-order valence-corrected chi connectivity index (χ3v) is 6.73. The summed E-state index contributed by atoms with van der Waals surface area (Å²) in [5.74, 6) is 0. The Balaban J connectivity index is 1.68. The van der Waals surface area contributed by atoms with Crippen LogP contribution in [0.15, 0.2) is 103 Å². The minimum absolute atomic E-state index is 1.07. The van der Waals surface area contributed by atoms with Crippen LogP contribution < -0.4 is 0 Å². The average Bonchev–Trinajstić information content (AvgIpc) is 2.87. The van der Waals surface area contributed by atoms with Crippen LogP contribution in [0, 0.1) is 0 Å². The van der Waals surface area contributed by atoms with E-state index in [1.807, 2.05) is 0 Å². The number of hydrogen-bond acceptors (Lipinski definition) is 0. The number of hydrogen-bond donors (Lipinski definition) is 0. The van der Waals surface area contributed by atoms with Gasteiger partial charge in [-0.3, -0.25) is 0 Å². The highest BCUT2D eigenvalue weighted by molar-refractivity contribution is 5.17. The fourth-order valence-corrected chi connectivity index (χ4v) is 4.95. The summed E-state index contributed by atoms with van der Waals surface area (Å²) in [4.78, 5) is 0. The molecule has 0 fully saturated rings. The van der Waals surface area contributed by atoms with E-state index >= 15 is 0 Å². The van der Waals surface area contributed by atoms with Crippen LogP contribution in [0.25, 0.3) is 0 Å². The lowest BCUT2D eigenvalue weighted by Gasteiger charge is -2.39. The van der Waals surface area contributed by atoms with Gasteiger partial charge in [0, 0.05) is 16.7 Å². The van der Waals surface area contributed by atoms with Gasteiger partial charge in [0.15, 0.2) is 0 Å². The van der Waals surface area contributed by atoms with Crippen molar-refractivity contribution in [3.8, 4) is 0 Å². The molecule has 1 nitrogen and oxygen atoms in total. The van der Waals surface area contributed by atoms with Gasteiger partial charge < -0.3 is 4.48 Å². The van der Waals surface area contributed by atoms with Gasteiger partial charge in [0.1, 0.15) is 19.6 Å². The third kappa shape index (κ3) is 9.69. The first-order valence-electron chi connectivity index (χ1n) is 13.4. The second kappa shape index (κ2) is 15.3. The van der Waals surface area contributed by atoms with Crippen molar-refractivity contribution < 1.29 is 4.48 Å². The molecule has 0 aliphatic rings. The molecular weight excluding hydrogens is 410 g/mol. The van der Waals surface area contributed by atoms with Gasteiger partial charge in [-0.2, -0.15) is 0 Å². The third-order valence-electron chi connectivity index (χ3n) is 6.73. The van der Waals surface area contributed by atoms with Crippen molar-refractivity contribution in [1.82, 2.24) is 0 Å². The highest BCUT2D eigenvalue weighted by Gasteiger charge is 2.28. The van der Waals surface area contributed by atoms with Crippen molar-refractivity contribution in [2.45, 2.75) is 77.9 Å². The Bertz CT molecular complexity index is 813. The zero-order valence-corrected chi connectivity index (χ0v) is 21.2. The van der Waals surface area contributed by atoms with Crippen molar-refractivity contribution >= 4 is 0 Å². The predicted molar refractivity (Wildman–Crippen MR) is 147 cm³/mol. The molecule has 3 aromatic carbocycles. The summed E-state index contributed by atoms with van der Waals surface area (Å²) in [5, 5.41) is 0. The maximum Gasteiger partial charge on any atom is 0.105 e. The van der Waals surface area contributed by atoms with Crippen LogP contribution in [0.5, 0.6) is 0 Å². The van der Waals surface area contributed by atoms with Crippen molar-refractivity contribution in [2.75, 3.05) is 6.54 Å². The zero-order valence-electron chi connectivity index (χ0n) is 21.2. The van der Waals surface area contributed by atoms with Crippen molar-refractivity contribution in [2.24, 2.45) is 0 Å².